The molecule has 1 aromatic rings. The first-order chi connectivity index (χ1) is 11.8. The fourth-order valence-corrected chi connectivity index (χ4v) is 2.94. The summed E-state index contributed by atoms with van der Waals surface area (Å²) in [4.78, 5) is 6.74. The fourth-order valence-electron chi connectivity index (χ4n) is 2.94. The third-order valence-electron chi connectivity index (χ3n) is 4.22. The Labute approximate surface area is 146 Å². The van der Waals surface area contributed by atoms with Crippen LogP contribution in [0.25, 0.3) is 0 Å². The molecule has 1 aliphatic heterocycles. The fraction of sp³-hybridized carbons (Fsp3) is 0.632. The predicted octanol–water partition coefficient (Wildman–Crippen LogP) is 2.92. The number of benzene rings is 1. The molecule has 0 radical (unpaired) electrons. The lowest BCUT2D eigenvalue weighted by atomic mass is 10.1. The van der Waals surface area contributed by atoms with E-state index in [4.69, 9.17) is 9.47 Å². The van der Waals surface area contributed by atoms with Crippen LogP contribution < -0.4 is 10.1 Å². The first-order valence-electron chi connectivity index (χ1n) is 9.08. The number of hydrogen-bond acceptors (Lipinski definition) is 3. The Bertz CT molecular complexity index is 471. The van der Waals surface area contributed by atoms with Gasteiger partial charge in [0, 0.05) is 33.3 Å². The zero-order valence-corrected chi connectivity index (χ0v) is 15.0. The largest absolute Gasteiger partial charge is 0.494 e. The summed E-state index contributed by atoms with van der Waals surface area (Å²) < 4.78 is 11.4. The highest BCUT2D eigenvalue weighted by Gasteiger charge is 2.21. The van der Waals surface area contributed by atoms with Crippen molar-refractivity contribution in [2.24, 2.45) is 4.99 Å². The maximum Gasteiger partial charge on any atom is 0.193 e. The molecule has 2 rings (SSSR count). The van der Waals surface area contributed by atoms with Crippen LogP contribution in [-0.4, -0.2) is 56.9 Å². The number of guanidine groups is 1. The summed E-state index contributed by atoms with van der Waals surface area (Å²) in [7, 11) is 1.86. The minimum atomic E-state index is 0.416. The minimum absolute atomic E-state index is 0.416. The summed E-state index contributed by atoms with van der Waals surface area (Å²) in [6, 6.07) is 9.97. The molecule has 134 valence electrons. The molecule has 1 fully saturated rings. The number of likely N-dealkylation sites (tertiary alicyclic amines) is 1. The number of para-hydroxylation sites is 1. The van der Waals surface area contributed by atoms with Gasteiger partial charge < -0.3 is 19.7 Å². The lowest BCUT2D eigenvalue weighted by Crippen LogP contribution is -2.47. The Morgan fingerprint density at radius 1 is 1.21 bits per heavy atom. The Morgan fingerprint density at radius 3 is 2.62 bits per heavy atom. The van der Waals surface area contributed by atoms with Crippen molar-refractivity contribution in [2.45, 2.75) is 38.7 Å². The number of nitrogens with zero attached hydrogens (tertiary/aromatic N) is 2. The van der Waals surface area contributed by atoms with Crippen molar-refractivity contribution in [3.05, 3.63) is 30.3 Å². The molecular formula is C19H31N3O2. The lowest BCUT2D eigenvalue weighted by molar-refractivity contribution is 0.0264. The zero-order chi connectivity index (χ0) is 17.0. The van der Waals surface area contributed by atoms with Gasteiger partial charge in [-0.1, -0.05) is 18.2 Å². The van der Waals surface area contributed by atoms with Gasteiger partial charge in [0.25, 0.3) is 0 Å². The molecule has 0 atom stereocenters. The summed E-state index contributed by atoms with van der Waals surface area (Å²) in [5.41, 5.74) is 0. The number of rotatable bonds is 8. The summed E-state index contributed by atoms with van der Waals surface area (Å²) in [6.45, 7) is 6.58. The van der Waals surface area contributed by atoms with Gasteiger partial charge in [-0.25, -0.2) is 0 Å². The monoisotopic (exact) mass is 333 g/mol. The van der Waals surface area contributed by atoms with Gasteiger partial charge in [-0.05, 0) is 44.7 Å². The van der Waals surface area contributed by atoms with Gasteiger partial charge in [-0.3, -0.25) is 4.99 Å². The molecule has 0 aromatic heterocycles. The van der Waals surface area contributed by atoms with E-state index in [1.54, 1.807) is 0 Å². The molecule has 1 aromatic carbocycles. The molecule has 1 aliphatic rings. The van der Waals surface area contributed by atoms with E-state index in [9.17, 15) is 0 Å². The number of unbranched alkanes of at least 4 members (excludes halogenated alkanes) is 1. The molecular weight excluding hydrogens is 302 g/mol. The summed E-state index contributed by atoms with van der Waals surface area (Å²) in [6.07, 6.45) is 4.69. The second kappa shape index (κ2) is 10.9. The van der Waals surface area contributed by atoms with Crippen molar-refractivity contribution >= 4 is 5.96 Å². The molecule has 5 heteroatoms. The Balaban J connectivity index is 1.57. The molecule has 0 unspecified atom stereocenters. The highest BCUT2D eigenvalue weighted by Crippen LogP contribution is 2.13. The highest BCUT2D eigenvalue weighted by atomic mass is 16.5. The van der Waals surface area contributed by atoms with Crippen LogP contribution in [0.15, 0.2) is 35.3 Å². The van der Waals surface area contributed by atoms with E-state index in [1.165, 1.54) is 0 Å². The molecule has 1 heterocycles. The second-order valence-electron chi connectivity index (χ2n) is 5.98. The van der Waals surface area contributed by atoms with Crippen LogP contribution in [0.3, 0.4) is 0 Å². The first kappa shape index (κ1) is 18.6. The average Bonchev–Trinajstić information content (AvgIpc) is 2.63. The van der Waals surface area contributed by atoms with Crippen LogP contribution in [0.5, 0.6) is 5.75 Å². The maximum absolute atomic E-state index is 5.71. The first-order valence-corrected chi connectivity index (χ1v) is 9.08. The van der Waals surface area contributed by atoms with Crippen LogP contribution in [0.4, 0.5) is 0 Å². The van der Waals surface area contributed by atoms with Crippen LogP contribution in [0, 0.1) is 0 Å². The molecule has 0 aliphatic carbocycles. The number of ether oxygens (including phenoxy) is 2. The van der Waals surface area contributed by atoms with Gasteiger partial charge in [0.15, 0.2) is 5.96 Å². The van der Waals surface area contributed by atoms with Crippen molar-refractivity contribution in [3.63, 3.8) is 0 Å². The predicted molar refractivity (Wildman–Crippen MR) is 98.8 cm³/mol. The lowest BCUT2D eigenvalue weighted by Gasteiger charge is -2.34. The minimum Gasteiger partial charge on any atom is -0.494 e. The van der Waals surface area contributed by atoms with Crippen molar-refractivity contribution in [1.82, 2.24) is 10.2 Å². The Hall–Kier alpha value is -1.75. The molecule has 0 amide bonds. The number of piperidine rings is 1. The number of aliphatic imine (C=N–C) groups is 1. The van der Waals surface area contributed by atoms with Gasteiger partial charge >= 0.3 is 0 Å². The van der Waals surface area contributed by atoms with E-state index in [-0.39, 0.29) is 0 Å². The van der Waals surface area contributed by atoms with Crippen molar-refractivity contribution in [1.29, 1.82) is 0 Å². The standard InChI is InChI=1S/C19H31N3O2/c1-3-23-18-11-14-22(15-12-18)19(20-2)21-13-7-8-16-24-17-9-5-4-6-10-17/h4-6,9-10,18H,3,7-8,11-16H2,1-2H3,(H,20,21). The van der Waals surface area contributed by atoms with E-state index in [0.29, 0.717) is 6.10 Å². The normalized spacial score (nSPS) is 16.2. The van der Waals surface area contributed by atoms with Gasteiger partial charge in [-0.2, -0.15) is 0 Å². The van der Waals surface area contributed by atoms with Crippen molar-refractivity contribution in [3.8, 4) is 5.75 Å². The molecule has 0 bridgehead atoms. The van der Waals surface area contributed by atoms with E-state index in [1.807, 2.05) is 37.4 Å². The quantitative estimate of drug-likeness (QED) is 0.451. The Kier molecular flexibility index (Phi) is 8.46. The maximum atomic E-state index is 5.71. The van der Waals surface area contributed by atoms with Crippen LogP contribution >= 0.6 is 0 Å². The highest BCUT2D eigenvalue weighted by molar-refractivity contribution is 5.79. The molecule has 24 heavy (non-hydrogen) atoms. The van der Waals surface area contributed by atoms with Crippen molar-refractivity contribution in [2.75, 3.05) is 39.9 Å². The average molecular weight is 333 g/mol. The van der Waals surface area contributed by atoms with Gasteiger partial charge in [0.05, 0.1) is 12.7 Å². The SMILES string of the molecule is CCOC1CCN(C(=NC)NCCCCOc2ccccc2)CC1. The van der Waals surface area contributed by atoms with Crippen LogP contribution in [-0.2, 0) is 4.74 Å². The summed E-state index contributed by atoms with van der Waals surface area (Å²) in [5, 5.41) is 3.46. The third-order valence-corrected chi connectivity index (χ3v) is 4.22. The van der Waals surface area contributed by atoms with Gasteiger partial charge in [-0.15, -0.1) is 0 Å². The molecule has 5 nitrogen and oxygen atoms in total. The number of nitrogens with one attached hydrogen (secondary N) is 1. The Morgan fingerprint density at radius 2 is 1.96 bits per heavy atom. The van der Waals surface area contributed by atoms with Crippen LogP contribution in [0.1, 0.15) is 32.6 Å². The molecule has 1 N–H and O–H groups in total. The third kappa shape index (κ3) is 6.40. The van der Waals surface area contributed by atoms with E-state index >= 15 is 0 Å². The van der Waals surface area contributed by atoms with Crippen molar-refractivity contribution < 1.29 is 9.47 Å². The topological polar surface area (TPSA) is 46.1 Å². The van der Waals surface area contributed by atoms with Crippen LogP contribution in [0.2, 0.25) is 0 Å². The summed E-state index contributed by atoms with van der Waals surface area (Å²) in [5.74, 6) is 1.95. The second-order valence-corrected chi connectivity index (χ2v) is 5.98. The summed E-state index contributed by atoms with van der Waals surface area (Å²) >= 11 is 0. The van der Waals surface area contributed by atoms with E-state index in [2.05, 4.69) is 22.1 Å². The van der Waals surface area contributed by atoms with E-state index in [0.717, 1.165) is 70.2 Å². The van der Waals surface area contributed by atoms with E-state index < -0.39 is 0 Å². The van der Waals surface area contributed by atoms with Gasteiger partial charge in [0.2, 0.25) is 0 Å². The molecule has 1 saturated heterocycles. The zero-order valence-electron chi connectivity index (χ0n) is 15.0. The smallest absolute Gasteiger partial charge is 0.193 e. The molecule has 0 spiro atoms. The number of hydrogen-bond donors (Lipinski definition) is 1. The van der Waals surface area contributed by atoms with Gasteiger partial charge in [0.1, 0.15) is 5.75 Å². The molecule has 0 saturated carbocycles.